The van der Waals surface area contributed by atoms with Gasteiger partial charge < -0.3 is 4.90 Å². The molecule has 0 saturated heterocycles. The van der Waals surface area contributed by atoms with Crippen LogP contribution in [0.5, 0.6) is 0 Å². The highest BCUT2D eigenvalue weighted by Crippen LogP contribution is 2.31. The number of carbonyl (C=O) groups is 1. The predicted molar refractivity (Wildman–Crippen MR) is 64.5 cm³/mol. The number of anilines is 1. The lowest BCUT2D eigenvalue weighted by atomic mass is 10.1. The van der Waals surface area contributed by atoms with Crippen molar-refractivity contribution in [3.8, 4) is 0 Å². The fourth-order valence-corrected chi connectivity index (χ4v) is 2.07. The predicted octanol–water partition coefficient (Wildman–Crippen LogP) is 2.11. The lowest BCUT2D eigenvalue weighted by Crippen LogP contribution is -2.27. The van der Waals surface area contributed by atoms with Gasteiger partial charge in [-0.05, 0) is 18.1 Å². The van der Waals surface area contributed by atoms with Crippen LogP contribution in [0.3, 0.4) is 0 Å². The van der Waals surface area contributed by atoms with E-state index in [1.807, 2.05) is 0 Å². The molecule has 0 N–H and O–H groups in total. The van der Waals surface area contributed by atoms with E-state index in [0.717, 1.165) is 11.3 Å². The fourth-order valence-electron chi connectivity index (χ4n) is 1.95. The van der Waals surface area contributed by atoms with Crippen molar-refractivity contribution in [3.63, 3.8) is 0 Å². The molecule has 1 aliphatic heterocycles. The summed E-state index contributed by atoms with van der Waals surface area (Å²) in [5.74, 6) is 0.470. The van der Waals surface area contributed by atoms with E-state index in [1.54, 1.807) is 11.0 Å². The Morgan fingerprint density at radius 2 is 2.24 bits per heavy atom. The van der Waals surface area contributed by atoms with Crippen molar-refractivity contribution in [1.82, 2.24) is 0 Å². The van der Waals surface area contributed by atoms with Crippen molar-refractivity contribution in [2.24, 2.45) is 0 Å². The summed E-state index contributed by atoms with van der Waals surface area (Å²) >= 11 is 5.59. The van der Waals surface area contributed by atoms with Crippen molar-refractivity contribution in [3.05, 3.63) is 33.9 Å². The number of hydrogen-bond donors (Lipinski definition) is 0. The molecule has 0 atom stereocenters. The zero-order valence-electron chi connectivity index (χ0n) is 9.06. The third-order valence-corrected chi connectivity index (χ3v) is 2.99. The number of fused-ring (bicyclic) bond motifs is 1. The lowest BCUT2D eigenvalue weighted by molar-refractivity contribution is -0.384. The average molecular weight is 255 g/mol. The minimum atomic E-state index is -0.452. The molecule has 1 heterocycles. The van der Waals surface area contributed by atoms with E-state index in [0.29, 0.717) is 18.8 Å². The molecule has 1 aliphatic rings. The van der Waals surface area contributed by atoms with E-state index in [4.69, 9.17) is 11.6 Å². The Hall–Kier alpha value is -1.62. The number of halogens is 1. The number of benzene rings is 1. The van der Waals surface area contributed by atoms with Crippen molar-refractivity contribution >= 4 is 28.9 Å². The molecule has 0 saturated carbocycles. The molecule has 1 aromatic rings. The van der Waals surface area contributed by atoms with Gasteiger partial charge in [0.2, 0.25) is 5.91 Å². The molecule has 0 unspecified atom stereocenters. The van der Waals surface area contributed by atoms with Crippen LogP contribution < -0.4 is 4.90 Å². The third-order valence-electron chi connectivity index (χ3n) is 2.72. The molecule has 0 radical (unpaired) electrons. The molecule has 6 heteroatoms. The molecular weight excluding hydrogens is 244 g/mol. The van der Waals surface area contributed by atoms with E-state index in [1.165, 1.54) is 12.1 Å². The first kappa shape index (κ1) is 11.9. The number of nitro benzene ring substituents is 1. The Labute approximate surface area is 103 Å². The van der Waals surface area contributed by atoms with E-state index in [2.05, 4.69) is 0 Å². The summed E-state index contributed by atoms with van der Waals surface area (Å²) in [6.07, 6.45) is 0.947. The number of rotatable bonds is 4. The van der Waals surface area contributed by atoms with Crippen molar-refractivity contribution in [1.29, 1.82) is 0 Å². The standard InChI is InChI=1S/C11H11ClN2O3/c12-4-1-5-13-10-3-2-9(14(16)17)6-8(10)7-11(13)15/h2-3,6H,1,4-5,7H2. The largest absolute Gasteiger partial charge is 0.312 e. The number of non-ortho nitro benzene ring substituents is 1. The van der Waals surface area contributed by atoms with Crippen LogP contribution in [0.4, 0.5) is 11.4 Å². The maximum Gasteiger partial charge on any atom is 0.269 e. The monoisotopic (exact) mass is 254 g/mol. The third kappa shape index (κ3) is 2.24. The van der Waals surface area contributed by atoms with Gasteiger partial charge in [-0.2, -0.15) is 0 Å². The molecular formula is C11H11ClN2O3. The smallest absolute Gasteiger partial charge is 0.269 e. The topological polar surface area (TPSA) is 63.4 Å². The molecule has 2 rings (SSSR count). The van der Waals surface area contributed by atoms with Gasteiger partial charge in [-0.25, -0.2) is 0 Å². The first-order chi connectivity index (χ1) is 8.13. The number of nitrogens with zero attached hydrogens (tertiary/aromatic N) is 2. The molecule has 0 aliphatic carbocycles. The second-order valence-corrected chi connectivity index (χ2v) is 4.21. The van der Waals surface area contributed by atoms with Crippen LogP contribution in [0.1, 0.15) is 12.0 Å². The molecule has 1 aromatic carbocycles. The van der Waals surface area contributed by atoms with E-state index in [-0.39, 0.29) is 18.0 Å². The van der Waals surface area contributed by atoms with Gasteiger partial charge in [0.05, 0.1) is 11.3 Å². The quantitative estimate of drug-likeness (QED) is 0.470. The Morgan fingerprint density at radius 1 is 1.47 bits per heavy atom. The fraction of sp³-hybridized carbons (Fsp3) is 0.364. The zero-order chi connectivity index (χ0) is 12.4. The Morgan fingerprint density at radius 3 is 2.88 bits per heavy atom. The summed E-state index contributed by atoms with van der Waals surface area (Å²) < 4.78 is 0. The highest BCUT2D eigenvalue weighted by atomic mass is 35.5. The summed E-state index contributed by atoms with van der Waals surface area (Å²) in [4.78, 5) is 23.5. The van der Waals surface area contributed by atoms with Crippen molar-refractivity contribution in [2.45, 2.75) is 12.8 Å². The Bertz CT molecular complexity index is 476. The second kappa shape index (κ2) is 4.71. The summed E-state index contributed by atoms with van der Waals surface area (Å²) in [5.41, 5.74) is 1.51. The van der Waals surface area contributed by atoms with Gasteiger partial charge in [0.15, 0.2) is 0 Å². The Balaban J connectivity index is 2.28. The van der Waals surface area contributed by atoms with Gasteiger partial charge in [-0.3, -0.25) is 14.9 Å². The minimum absolute atomic E-state index is 0.0226. The van der Waals surface area contributed by atoms with Gasteiger partial charge in [0, 0.05) is 30.2 Å². The lowest BCUT2D eigenvalue weighted by Gasteiger charge is -2.16. The number of carbonyl (C=O) groups excluding carboxylic acids is 1. The van der Waals surface area contributed by atoms with Gasteiger partial charge >= 0.3 is 0 Å². The Kier molecular flexibility index (Phi) is 3.28. The molecule has 5 nitrogen and oxygen atoms in total. The highest BCUT2D eigenvalue weighted by Gasteiger charge is 2.28. The first-order valence-corrected chi connectivity index (χ1v) is 5.80. The first-order valence-electron chi connectivity index (χ1n) is 5.27. The van der Waals surface area contributed by atoms with E-state index in [9.17, 15) is 14.9 Å². The normalized spacial score (nSPS) is 13.9. The number of hydrogen-bond acceptors (Lipinski definition) is 3. The summed E-state index contributed by atoms with van der Waals surface area (Å²) in [5, 5.41) is 10.6. The molecule has 0 fully saturated rings. The second-order valence-electron chi connectivity index (χ2n) is 3.83. The van der Waals surface area contributed by atoms with Crippen molar-refractivity contribution in [2.75, 3.05) is 17.3 Å². The van der Waals surface area contributed by atoms with E-state index < -0.39 is 4.92 Å². The van der Waals surface area contributed by atoms with Gasteiger partial charge in [0.1, 0.15) is 0 Å². The number of alkyl halides is 1. The van der Waals surface area contributed by atoms with Crippen LogP contribution in [-0.4, -0.2) is 23.3 Å². The molecule has 0 bridgehead atoms. The molecule has 1 amide bonds. The van der Waals surface area contributed by atoms with E-state index >= 15 is 0 Å². The molecule has 0 aromatic heterocycles. The minimum Gasteiger partial charge on any atom is -0.312 e. The number of amides is 1. The van der Waals surface area contributed by atoms with Crippen LogP contribution in [0, 0.1) is 10.1 Å². The van der Waals surface area contributed by atoms with Crippen LogP contribution in [0.2, 0.25) is 0 Å². The maximum atomic E-state index is 11.7. The summed E-state index contributed by atoms with van der Waals surface area (Å²) in [6.45, 7) is 0.563. The van der Waals surface area contributed by atoms with Crippen molar-refractivity contribution < 1.29 is 9.72 Å². The van der Waals surface area contributed by atoms with Crippen LogP contribution in [0.15, 0.2) is 18.2 Å². The highest BCUT2D eigenvalue weighted by molar-refractivity contribution is 6.17. The zero-order valence-corrected chi connectivity index (χ0v) is 9.81. The van der Waals surface area contributed by atoms with Gasteiger partial charge in [-0.1, -0.05) is 0 Å². The average Bonchev–Trinajstić information content (AvgIpc) is 2.61. The summed E-state index contributed by atoms with van der Waals surface area (Å²) in [6, 6.07) is 4.52. The number of nitro groups is 1. The summed E-state index contributed by atoms with van der Waals surface area (Å²) in [7, 11) is 0. The van der Waals surface area contributed by atoms with Crippen LogP contribution >= 0.6 is 11.6 Å². The molecule has 90 valence electrons. The van der Waals surface area contributed by atoms with Crippen LogP contribution in [-0.2, 0) is 11.2 Å². The molecule has 0 spiro atoms. The van der Waals surface area contributed by atoms with Gasteiger partial charge in [-0.15, -0.1) is 11.6 Å². The SMILES string of the molecule is O=C1Cc2cc([N+](=O)[O-])ccc2N1CCCCl. The molecule has 17 heavy (non-hydrogen) atoms. The van der Waals surface area contributed by atoms with Gasteiger partial charge in [0.25, 0.3) is 5.69 Å². The maximum absolute atomic E-state index is 11.7. The van der Waals surface area contributed by atoms with Crippen LogP contribution in [0.25, 0.3) is 0 Å².